The van der Waals surface area contributed by atoms with Gasteiger partial charge in [0.15, 0.2) is 0 Å². The van der Waals surface area contributed by atoms with E-state index in [2.05, 4.69) is 10.6 Å². The second-order valence-electron chi connectivity index (χ2n) is 5.32. The Kier molecular flexibility index (Phi) is 6.67. The molecule has 4 N–H and O–H groups in total. The van der Waals surface area contributed by atoms with E-state index in [-0.39, 0.29) is 24.9 Å². The van der Waals surface area contributed by atoms with Crippen LogP contribution >= 0.6 is 0 Å². The zero-order valence-corrected chi connectivity index (χ0v) is 12.1. The predicted molar refractivity (Wildman–Crippen MR) is 70.9 cm³/mol. The second-order valence-corrected chi connectivity index (χ2v) is 5.32. The molecule has 0 atom stereocenters. The van der Waals surface area contributed by atoms with Gasteiger partial charge in [-0.3, -0.25) is 19.7 Å². The standard InChI is InChI=1S/C12H21N3O5/c1-7(2)14-9(17)6-13-11(20)15-8(16)5-12(3,4)10(18)19/h7H,5-6H2,1-4H3,(H,14,17)(H,18,19)(H2,13,15,16,20). The van der Waals surface area contributed by atoms with Gasteiger partial charge in [-0.2, -0.15) is 0 Å². The largest absolute Gasteiger partial charge is 0.481 e. The van der Waals surface area contributed by atoms with Crippen LogP contribution < -0.4 is 16.0 Å². The summed E-state index contributed by atoms with van der Waals surface area (Å²) in [6, 6.07) is -0.888. The Morgan fingerprint density at radius 3 is 2.10 bits per heavy atom. The van der Waals surface area contributed by atoms with Crippen molar-refractivity contribution in [1.82, 2.24) is 16.0 Å². The van der Waals surface area contributed by atoms with Gasteiger partial charge in [0, 0.05) is 12.5 Å². The summed E-state index contributed by atoms with van der Waals surface area (Å²) in [5, 5.41) is 15.6. The third-order valence-corrected chi connectivity index (χ3v) is 2.29. The number of imide groups is 1. The summed E-state index contributed by atoms with van der Waals surface area (Å²) >= 11 is 0. The van der Waals surface area contributed by atoms with E-state index < -0.39 is 23.3 Å². The second kappa shape index (κ2) is 7.46. The average Bonchev–Trinajstić information content (AvgIpc) is 2.24. The first-order valence-corrected chi connectivity index (χ1v) is 6.15. The quantitative estimate of drug-likeness (QED) is 0.540. The molecule has 0 aromatic carbocycles. The number of rotatable bonds is 6. The lowest BCUT2D eigenvalue weighted by Crippen LogP contribution is -2.46. The number of nitrogens with one attached hydrogen (secondary N) is 3. The highest BCUT2D eigenvalue weighted by Gasteiger charge is 2.30. The molecular formula is C12H21N3O5. The molecule has 8 heteroatoms. The van der Waals surface area contributed by atoms with Crippen molar-refractivity contribution in [1.29, 1.82) is 0 Å². The van der Waals surface area contributed by atoms with Crippen molar-refractivity contribution in [3.63, 3.8) is 0 Å². The molecule has 0 saturated heterocycles. The molecule has 0 aliphatic carbocycles. The van der Waals surface area contributed by atoms with Crippen LogP contribution in [0.25, 0.3) is 0 Å². The molecule has 0 aromatic heterocycles. The van der Waals surface area contributed by atoms with Crippen molar-refractivity contribution in [3.05, 3.63) is 0 Å². The number of hydrogen-bond donors (Lipinski definition) is 4. The van der Waals surface area contributed by atoms with Crippen molar-refractivity contribution >= 4 is 23.8 Å². The Morgan fingerprint density at radius 1 is 1.10 bits per heavy atom. The Balaban J connectivity index is 4.13. The zero-order chi connectivity index (χ0) is 15.9. The van der Waals surface area contributed by atoms with E-state index in [1.54, 1.807) is 13.8 Å². The van der Waals surface area contributed by atoms with Crippen molar-refractivity contribution in [2.45, 2.75) is 40.2 Å². The first kappa shape index (κ1) is 17.9. The van der Waals surface area contributed by atoms with Gasteiger partial charge in [0.2, 0.25) is 11.8 Å². The summed E-state index contributed by atoms with van der Waals surface area (Å²) in [5.41, 5.74) is -1.26. The number of carbonyl (C=O) groups is 4. The number of amides is 4. The molecule has 0 radical (unpaired) electrons. The van der Waals surface area contributed by atoms with Crippen LogP contribution in [-0.2, 0) is 14.4 Å². The zero-order valence-electron chi connectivity index (χ0n) is 12.1. The van der Waals surface area contributed by atoms with Gasteiger partial charge < -0.3 is 15.7 Å². The molecule has 0 aliphatic heterocycles. The van der Waals surface area contributed by atoms with Crippen LogP contribution in [0.4, 0.5) is 4.79 Å². The van der Waals surface area contributed by atoms with Crippen LogP contribution in [0.1, 0.15) is 34.1 Å². The smallest absolute Gasteiger partial charge is 0.321 e. The van der Waals surface area contributed by atoms with Gasteiger partial charge in [0.25, 0.3) is 0 Å². The third kappa shape index (κ3) is 7.34. The van der Waals surface area contributed by atoms with Gasteiger partial charge in [-0.1, -0.05) is 0 Å². The lowest BCUT2D eigenvalue weighted by atomic mass is 9.89. The minimum Gasteiger partial charge on any atom is -0.481 e. The Bertz CT molecular complexity index is 404. The molecule has 20 heavy (non-hydrogen) atoms. The first-order chi connectivity index (χ1) is 9.04. The van der Waals surface area contributed by atoms with Gasteiger partial charge in [0.1, 0.15) is 0 Å². The molecule has 114 valence electrons. The van der Waals surface area contributed by atoms with Crippen molar-refractivity contribution in [2.24, 2.45) is 5.41 Å². The highest BCUT2D eigenvalue weighted by atomic mass is 16.4. The summed E-state index contributed by atoms with van der Waals surface area (Å²) in [6.45, 7) is 6.04. The normalized spacial score (nSPS) is 10.8. The predicted octanol–water partition coefficient (Wildman–Crippen LogP) is -0.162. The molecule has 0 aromatic rings. The number of carbonyl (C=O) groups excluding carboxylic acids is 3. The number of hydrogen-bond acceptors (Lipinski definition) is 4. The lowest BCUT2D eigenvalue weighted by Gasteiger charge is -2.17. The van der Waals surface area contributed by atoms with Crippen LogP contribution in [0.15, 0.2) is 0 Å². The van der Waals surface area contributed by atoms with Crippen LogP contribution in [0.5, 0.6) is 0 Å². The van der Waals surface area contributed by atoms with Crippen LogP contribution in [0, 0.1) is 5.41 Å². The molecule has 8 nitrogen and oxygen atoms in total. The first-order valence-electron chi connectivity index (χ1n) is 6.15. The molecular weight excluding hydrogens is 266 g/mol. The maximum absolute atomic E-state index is 11.5. The van der Waals surface area contributed by atoms with Crippen molar-refractivity contribution in [3.8, 4) is 0 Å². The number of urea groups is 1. The monoisotopic (exact) mass is 287 g/mol. The van der Waals surface area contributed by atoms with Gasteiger partial charge in [0.05, 0.1) is 12.0 Å². The topological polar surface area (TPSA) is 125 Å². The van der Waals surface area contributed by atoms with E-state index in [9.17, 15) is 19.2 Å². The van der Waals surface area contributed by atoms with E-state index in [4.69, 9.17) is 5.11 Å². The van der Waals surface area contributed by atoms with Crippen molar-refractivity contribution in [2.75, 3.05) is 6.54 Å². The van der Waals surface area contributed by atoms with Gasteiger partial charge >= 0.3 is 12.0 Å². The Labute approximate surface area is 117 Å². The fourth-order valence-electron chi connectivity index (χ4n) is 1.23. The summed E-state index contributed by atoms with van der Waals surface area (Å²) in [6.07, 6.45) is -0.339. The molecule has 0 heterocycles. The Morgan fingerprint density at radius 2 is 1.65 bits per heavy atom. The number of carboxylic acids is 1. The Hall–Kier alpha value is -2.12. The average molecular weight is 287 g/mol. The molecule has 0 spiro atoms. The van der Waals surface area contributed by atoms with Crippen LogP contribution in [0.3, 0.4) is 0 Å². The number of carboxylic acid groups (broad SMARTS) is 1. The fraction of sp³-hybridized carbons (Fsp3) is 0.667. The minimum absolute atomic E-state index is 0.0506. The van der Waals surface area contributed by atoms with Gasteiger partial charge in [-0.25, -0.2) is 4.79 Å². The molecule has 4 amide bonds. The van der Waals surface area contributed by atoms with Crippen molar-refractivity contribution < 1.29 is 24.3 Å². The minimum atomic E-state index is -1.26. The summed E-state index contributed by atoms with van der Waals surface area (Å²) in [4.78, 5) is 44.9. The van der Waals surface area contributed by atoms with E-state index in [0.29, 0.717) is 0 Å². The van der Waals surface area contributed by atoms with E-state index in [1.165, 1.54) is 13.8 Å². The maximum atomic E-state index is 11.5. The third-order valence-electron chi connectivity index (χ3n) is 2.29. The van der Waals surface area contributed by atoms with Crippen LogP contribution in [0.2, 0.25) is 0 Å². The summed E-state index contributed by atoms with van der Waals surface area (Å²) in [5.74, 6) is -2.24. The molecule has 0 bridgehead atoms. The molecule has 0 saturated carbocycles. The van der Waals surface area contributed by atoms with E-state index in [1.807, 2.05) is 5.32 Å². The molecule has 0 rings (SSSR count). The van der Waals surface area contributed by atoms with Gasteiger partial charge in [-0.05, 0) is 27.7 Å². The van der Waals surface area contributed by atoms with E-state index >= 15 is 0 Å². The SMILES string of the molecule is CC(C)NC(=O)CNC(=O)NC(=O)CC(C)(C)C(=O)O. The fourth-order valence-corrected chi connectivity index (χ4v) is 1.23. The maximum Gasteiger partial charge on any atom is 0.321 e. The highest BCUT2D eigenvalue weighted by molar-refractivity contribution is 5.97. The molecule has 0 fully saturated rings. The highest BCUT2D eigenvalue weighted by Crippen LogP contribution is 2.19. The molecule has 0 aliphatic rings. The lowest BCUT2D eigenvalue weighted by molar-refractivity contribution is -0.149. The van der Waals surface area contributed by atoms with Gasteiger partial charge in [-0.15, -0.1) is 0 Å². The summed E-state index contributed by atoms with van der Waals surface area (Å²) < 4.78 is 0. The summed E-state index contributed by atoms with van der Waals surface area (Å²) in [7, 11) is 0. The van der Waals surface area contributed by atoms with Crippen LogP contribution in [-0.4, -0.2) is 41.5 Å². The number of aliphatic carboxylic acids is 1. The van der Waals surface area contributed by atoms with E-state index in [0.717, 1.165) is 0 Å². The molecule has 0 unspecified atom stereocenters.